The van der Waals surface area contributed by atoms with Crippen LogP contribution in [0.5, 0.6) is 0 Å². The van der Waals surface area contributed by atoms with Crippen molar-refractivity contribution in [1.29, 1.82) is 0 Å². The minimum atomic E-state index is 0.873. The zero-order valence-electron chi connectivity index (χ0n) is 12.6. The zero-order valence-corrected chi connectivity index (χ0v) is 12.6. The van der Waals surface area contributed by atoms with E-state index in [-0.39, 0.29) is 0 Å². The van der Waals surface area contributed by atoms with Gasteiger partial charge in [-0.1, -0.05) is 19.3 Å². The van der Waals surface area contributed by atoms with Gasteiger partial charge in [-0.25, -0.2) is 0 Å². The number of piperidine rings is 1. The number of hydrogen-bond donors (Lipinski definition) is 0. The second-order valence-electron chi connectivity index (χ2n) is 6.35. The second kappa shape index (κ2) is 9.77. The fourth-order valence-corrected chi connectivity index (χ4v) is 3.35. The van der Waals surface area contributed by atoms with E-state index in [1.807, 2.05) is 0 Å². The van der Waals surface area contributed by atoms with Gasteiger partial charge < -0.3 is 9.64 Å². The van der Waals surface area contributed by atoms with Gasteiger partial charge in [0.25, 0.3) is 0 Å². The standard InChI is InChI=1S/C17H32NO/c1-4-10-17(11-5-1)16-19-15-9-3-8-14-18-12-6-2-7-13-18/h2,17H,1,3-16H2. The Morgan fingerprint density at radius 2 is 1.74 bits per heavy atom. The fraction of sp³-hybridized carbons (Fsp3) is 0.941. The third-order valence-corrected chi connectivity index (χ3v) is 4.64. The number of hydrogen-bond acceptors (Lipinski definition) is 2. The molecule has 1 heterocycles. The molecule has 0 amide bonds. The minimum absolute atomic E-state index is 0.873. The van der Waals surface area contributed by atoms with Crippen molar-refractivity contribution in [2.24, 2.45) is 5.92 Å². The van der Waals surface area contributed by atoms with Crippen LogP contribution in [-0.2, 0) is 4.74 Å². The maximum absolute atomic E-state index is 5.85. The lowest BCUT2D eigenvalue weighted by molar-refractivity contribution is 0.0820. The van der Waals surface area contributed by atoms with E-state index in [0.29, 0.717) is 0 Å². The van der Waals surface area contributed by atoms with Gasteiger partial charge in [0.05, 0.1) is 0 Å². The third kappa shape index (κ3) is 6.76. The first-order valence-corrected chi connectivity index (χ1v) is 8.57. The van der Waals surface area contributed by atoms with Crippen LogP contribution in [0, 0.1) is 12.3 Å². The van der Waals surface area contributed by atoms with Crippen molar-refractivity contribution >= 4 is 0 Å². The highest BCUT2D eigenvalue weighted by Crippen LogP contribution is 2.23. The molecule has 19 heavy (non-hydrogen) atoms. The first-order chi connectivity index (χ1) is 9.45. The molecule has 2 rings (SSSR count). The summed E-state index contributed by atoms with van der Waals surface area (Å²) in [5, 5.41) is 0. The molecule has 0 spiro atoms. The number of nitrogens with zero attached hydrogens (tertiary/aromatic N) is 1. The molecule has 1 saturated carbocycles. The lowest BCUT2D eigenvalue weighted by atomic mass is 9.90. The van der Waals surface area contributed by atoms with Crippen molar-refractivity contribution in [3.63, 3.8) is 0 Å². The van der Waals surface area contributed by atoms with Crippen LogP contribution < -0.4 is 0 Å². The summed E-state index contributed by atoms with van der Waals surface area (Å²) in [5.74, 6) is 0.873. The van der Waals surface area contributed by atoms with E-state index in [1.165, 1.54) is 83.8 Å². The lowest BCUT2D eigenvalue weighted by Crippen LogP contribution is -2.30. The van der Waals surface area contributed by atoms with Crippen molar-refractivity contribution in [3.05, 3.63) is 6.42 Å². The second-order valence-corrected chi connectivity index (χ2v) is 6.35. The topological polar surface area (TPSA) is 12.5 Å². The van der Waals surface area contributed by atoms with Gasteiger partial charge in [0.2, 0.25) is 0 Å². The van der Waals surface area contributed by atoms with Gasteiger partial charge in [-0.05, 0) is 76.9 Å². The van der Waals surface area contributed by atoms with Gasteiger partial charge in [-0.15, -0.1) is 0 Å². The van der Waals surface area contributed by atoms with Gasteiger partial charge in [-0.3, -0.25) is 0 Å². The first-order valence-electron chi connectivity index (χ1n) is 8.57. The smallest absolute Gasteiger partial charge is 0.0494 e. The van der Waals surface area contributed by atoms with Crippen molar-refractivity contribution in [1.82, 2.24) is 4.90 Å². The summed E-state index contributed by atoms with van der Waals surface area (Å²) < 4.78 is 5.85. The van der Waals surface area contributed by atoms with Gasteiger partial charge >= 0.3 is 0 Å². The number of likely N-dealkylation sites (tertiary alicyclic amines) is 1. The molecule has 1 saturated heterocycles. The summed E-state index contributed by atoms with van der Waals surface area (Å²) in [6, 6.07) is 0. The summed E-state index contributed by atoms with van der Waals surface area (Å²) in [4.78, 5) is 2.61. The maximum Gasteiger partial charge on any atom is 0.0494 e. The highest BCUT2D eigenvalue weighted by atomic mass is 16.5. The van der Waals surface area contributed by atoms with Crippen LogP contribution in [0.15, 0.2) is 0 Å². The summed E-state index contributed by atoms with van der Waals surface area (Å²) in [6.45, 7) is 5.90. The largest absolute Gasteiger partial charge is 0.381 e. The Bertz CT molecular complexity index is 185. The molecule has 1 aliphatic carbocycles. The molecule has 1 radical (unpaired) electrons. The van der Waals surface area contributed by atoms with Crippen molar-refractivity contribution in [3.8, 4) is 0 Å². The Labute approximate surface area is 119 Å². The van der Waals surface area contributed by atoms with Gasteiger partial charge in [0, 0.05) is 13.2 Å². The molecule has 2 heteroatoms. The SMILES string of the molecule is [CH]1CCN(CCCCCOCC2CCCCC2)CC1. The van der Waals surface area contributed by atoms with E-state index in [0.717, 1.165) is 19.1 Å². The quantitative estimate of drug-likeness (QED) is 0.614. The van der Waals surface area contributed by atoms with E-state index < -0.39 is 0 Å². The van der Waals surface area contributed by atoms with E-state index in [4.69, 9.17) is 4.74 Å². The van der Waals surface area contributed by atoms with Crippen LogP contribution in [0.4, 0.5) is 0 Å². The minimum Gasteiger partial charge on any atom is -0.381 e. The molecule has 0 bridgehead atoms. The van der Waals surface area contributed by atoms with Crippen molar-refractivity contribution in [2.45, 2.75) is 64.2 Å². The number of ether oxygens (including phenoxy) is 1. The van der Waals surface area contributed by atoms with Gasteiger partial charge in [0.15, 0.2) is 0 Å². The van der Waals surface area contributed by atoms with E-state index in [1.54, 1.807) is 0 Å². The maximum atomic E-state index is 5.85. The summed E-state index contributed by atoms with van der Waals surface area (Å²) in [6.07, 6.45) is 16.1. The monoisotopic (exact) mass is 266 g/mol. The lowest BCUT2D eigenvalue weighted by Gasteiger charge is -2.26. The van der Waals surface area contributed by atoms with Crippen molar-refractivity contribution in [2.75, 3.05) is 32.8 Å². The molecular formula is C17H32NO. The van der Waals surface area contributed by atoms with Crippen molar-refractivity contribution < 1.29 is 4.74 Å². The van der Waals surface area contributed by atoms with Gasteiger partial charge in [0.1, 0.15) is 0 Å². The molecule has 111 valence electrons. The molecule has 2 aliphatic rings. The summed E-state index contributed by atoms with van der Waals surface area (Å²) >= 11 is 0. The zero-order chi connectivity index (χ0) is 13.2. The third-order valence-electron chi connectivity index (χ3n) is 4.64. The summed E-state index contributed by atoms with van der Waals surface area (Å²) in [5.41, 5.74) is 0. The molecule has 2 nitrogen and oxygen atoms in total. The normalized spacial score (nSPS) is 22.7. The molecule has 0 atom stereocenters. The van der Waals surface area contributed by atoms with Crippen LogP contribution >= 0.6 is 0 Å². The Kier molecular flexibility index (Phi) is 7.87. The number of rotatable bonds is 8. The highest BCUT2D eigenvalue weighted by Gasteiger charge is 2.13. The van der Waals surface area contributed by atoms with E-state index in [2.05, 4.69) is 11.3 Å². The summed E-state index contributed by atoms with van der Waals surface area (Å²) in [7, 11) is 0. The predicted octanol–water partition coefficient (Wildman–Crippen LogP) is 4.05. The van der Waals surface area contributed by atoms with Crippen LogP contribution in [0.25, 0.3) is 0 Å². The molecular weight excluding hydrogens is 234 g/mol. The first kappa shape index (κ1) is 15.3. The van der Waals surface area contributed by atoms with Gasteiger partial charge in [-0.2, -0.15) is 0 Å². The Morgan fingerprint density at radius 3 is 2.53 bits per heavy atom. The fourth-order valence-electron chi connectivity index (χ4n) is 3.35. The number of unbranched alkanes of at least 4 members (excludes halogenated alkanes) is 2. The highest BCUT2D eigenvalue weighted by molar-refractivity contribution is 4.76. The molecule has 0 aromatic rings. The van der Waals surface area contributed by atoms with E-state index >= 15 is 0 Å². The van der Waals surface area contributed by atoms with Crippen LogP contribution in [0.3, 0.4) is 0 Å². The molecule has 1 aliphatic heterocycles. The van der Waals surface area contributed by atoms with Crippen LogP contribution in [0.1, 0.15) is 64.2 Å². The molecule has 0 unspecified atom stereocenters. The van der Waals surface area contributed by atoms with Crippen LogP contribution in [0.2, 0.25) is 0 Å². The molecule has 0 aromatic heterocycles. The Balaban J connectivity index is 1.35. The average Bonchev–Trinajstić information content (AvgIpc) is 2.48. The molecule has 0 N–H and O–H groups in total. The molecule has 0 aromatic carbocycles. The molecule has 2 fully saturated rings. The van der Waals surface area contributed by atoms with E-state index in [9.17, 15) is 0 Å². The predicted molar refractivity (Wildman–Crippen MR) is 81.2 cm³/mol. The Morgan fingerprint density at radius 1 is 0.947 bits per heavy atom. The Hall–Kier alpha value is -0.0800. The van der Waals surface area contributed by atoms with Crippen LogP contribution in [-0.4, -0.2) is 37.7 Å². The average molecular weight is 266 g/mol.